The third-order valence-corrected chi connectivity index (χ3v) is 2.95. The van der Waals surface area contributed by atoms with Crippen LogP contribution in [0.2, 0.25) is 0 Å². The normalized spacial score (nSPS) is 12.3. The molecule has 0 aromatic heterocycles. The van der Waals surface area contributed by atoms with Crippen LogP contribution in [0.3, 0.4) is 0 Å². The highest BCUT2D eigenvalue weighted by Crippen LogP contribution is 1.93. The number of nitrogens with one attached hydrogen (secondary N) is 3. The Balaban J connectivity index is 4.19. The van der Waals surface area contributed by atoms with Crippen molar-refractivity contribution in [2.45, 2.75) is 31.3 Å². The predicted molar refractivity (Wildman–Crippen MR) is 85.8 cm³/mol. The van der Waals surface area contributed by atoms with Gasteiger partial charge >= 0.3 is 5.97 Å². The summed E-state index contributed by atoms with van der Waals surface area (Å²) in [6.45, 7) is -1.06. The molecule has 0 aliphatic carbocycles. The van der Waals surface area contributed by atoms with Crippen molar-refractivity contribution in [1.29, 1.82) is 0 Å². The summed E-state index contributed by atoms with van der Waals surface area (Å²) < 4.78 is 0. The van der Waals surface area contributed by atoms with E-state index in [1.54, 1.807) is 0 Å². The van der Waals surface area contributed by atoms with E-state index in [1.165, 1.54) is 0 Å². The lowest BCUT2D eigenvalue weighted by molar-refractivity contribution is -0.143. The summed E-state index contributed by atoms with van der Waals surface area (Å²) in [6, 6.07) is -2.54. The zero-order valence-corrected chi connectivity index (χ0v) is 13.8. The van der Waals surface area contributed by atoms with Gasteiger partial charge in [-0.25, -0.2) is 4.79 Å². The van der Waals surface area contributed by atoms with Gasteiger partial charge < -0.3 is 38.3 Å². The van der Waals surface area contributed by atoms with Crippen LogP contribution >= 0.6 is 0 Å². The van der Waals surface area contributed by atoms with E-state index in [-0.39, 0.29) is 12.8 Å². The highest BCUT2D eigenvalue weighted by molar-refractivity contribution is 5.92. The van der Waals surface area contributed by atoms with Gasteiger partial charge in [-0.05, 0) is 6.42 Å². The van der Waals surface area contributed by atoms with Crippen LogP contribution in [0.15, 0.2) is 0 Å². The number of carboxylic acids is 1. The topological polar surface area (TPSA) is 237 Å². The molecule has 0 bridgehead atoms. The molecule has 26 heavy (non-hydrogen) atoms. The summed E-state index contributed by atoms with van der Waals surface area (Å²) in [5.41, 5.74) is 15.3. The Morgan fingerprint density at radius 2 is 1.46 bits per heavy atom. The Labute approximate surface area is 148 Å². The van der Waals surface area contributed by atoms with Crippen LogP contribution in [-0.4, -0.2) is 65.8 Å². The third-order valence-electron chi connectivity index (χ3n) is 2.95. The van der Waals surface area contributed by atoms with E-state index in [4.69, 9.17) is 22.3 Å². The molecule has 13 heteroatoms. The van der Waals surface area contributed by atoms with Crippen molar-refractivity contribution in [3.05, 3.63) is 0 Å². The van der Waals surface area contributed by atoms with E-state index < -0.39 is 67.1 Å². The molecule has 2 atom stereocenters. The summed E-state index contributed by atoms with van der Waals surface area (Å²) in [4.78, 5) is 66.8. The molecule has 0 saturated heterocycles. The first kappa shape index (κ1) is 22.8. The van der Waals surface area contributed by atoms with Crippen LogP contribution in [0.25, 0.3) is 0 Å². The first-order valence-electron chi connectivity index (χ1n) is 7.41. The van der Waals surface area contributed by atoms with Gasteiger partial charge in [0.1, 0.15) is 6.04 Å². The van der Waals surface area contributed by atoms with Gasteiger partial charge in [-0.15, -0.1) is 0 Å². The molecule has 0 aromatic carbocycles. The molecule has 0 fully saturated rings. The molecule has 13 nitrogen and oxygen atoms in total. The standard InChI is InChI=1S/C13H22N6O7/c14-6(1-2-8(15)20)12(24)18-4-10(22)17-5-11(23)19-7(13(25)26)3-9(16)21/h6-7H,1-5,14H2,(H2,15,20)(H2,16,21)(H,17,22)(H,18,24)(H,19,23)(H,25,26). The molecule has 0 radical (unpaired) electrons. The predicted octanol–water partition coefficient (Wildman–Crippen LogP) is -4.74. The number of nitrogens with two attached hydrogens (primary N) is 3. The van der Waals surface area contributed by atoms with Crippen molar-refractivity contribution in [3.63, 3.8) is 0 Å². The van der Waals surface area contributed by atoms with Crippen LogP contribution in [0.4, 0.5) is 0 Å². The van der Waals surface area contributed by atoms with Gasteiger partial charge in [0.25, 0.3) is 0 Å². The van der Waals surface area contributed by atoms with Gasteiger partial charge in [0.05, 0.1) is 25.6 Å². The lowest BCUT2D eigenvalue weighted by atomic mass is 10.1. The number of amides is 5. The fraction of sp³-hybridized carbons (Fsp3) is 0.538. The number of carbonyl (C=O) groups is 6. The monoisotopic (exact) mass is 374 g/mol. The summed E-state index contributed by atoms with van der Waals surface area (Å²) >= 11 is 0. The number of aliphatic carboxylic acids is 1. The molecule has 0 heterocycles. The second kappa shape index (κ2) is 11.4. The minimum absolute atomic E-state index is 0.0155. The number of hydrogen-bond acceptors (Lipinski definition) is 7. The molecular formula is C13H22N6O7. The third kappa shape index (κ3) is 10.5. The molecule has 0 aromatic rings. The van der Waals surface area contributed by atoms with Crippen molar-refractivity contribution in [3.8, 4) is 0 Å². The Morgan fingerprint density at radius 3 is 1.96 bits per heavy atom. The maximum atomic E-state index is 11.6. The number of rotatable bonds is 12. The molecule has 10 N–H and O–H groups in total. The molecular weight excluding hydrogens is 352 g/mol. The zero-order chi connectivity index (χ0) is 20.3. The Kier molecular flexibility index (Phi) is 9.95. The Morgan fingerprint density at radius 1 is 0.885 bits per heavy atom. The van der Waals surface area contributed by atoms with Gasteiger partial charge in [0.15, 0.2) is 0 Å². The fourth-order valence-electron chi connectivity index (χ4n) is 1.62. The Hall–Kier alpha value is -3.22. The van der Waals surface area contributed by atoms with Gasteiger partial charge in [0.2, 0.25) is 29.5 Å². The molecule has 0 aliphatic heterocycles. The van der Waals surface area contributed by atoms with Crippen molar-refractivity contribution in [2.24, 2.45) is 17.2 Å². The number of primary amides is 2. The second-order valence-electron chi connectivity index (χ2n) is 5.23. The van der Waals surface area contributed by atoms with E-state index >= 15 is 0 Å². The van der Waals surface area contributed by atoms with Crippen molar-refractivity contribution < 1.29 is 33.9 Å². The average molecular weight is 374 g/mol. The summed E-state index contributed by atoms with van der Waals surface area (Å²) in [7, 11) is 0. The maximum Gasteiger partial charge on any atom is 0.326 e. The SMILES string of the molecule is NC(=O)CCC(N)C(=O)NCC(=O)NCC(=O)NC(CC(N)=O)C(=O)O. The van der Waals surface area contributed by atoms with Gasteiger partial charge in [-0.1, -0.05) is 0 Å². The summed E-state index contributed by atoms with van der Waals surface area (Å²) in [6.07, 6.45) is -0.674. The summed E-state index contributed by atoms with van der Waals surface area (Å²) in [5, 5.41) is 15.2. The van der Waals surface area contributed by atoms with E-state index in [2.05, 4.69) is 10.6 Å². The second-order valence-corrected chi connectivity index (χ2v) is 5.23. The lowest BCUT2D eigenvalue weighted by Gasteiger charge is -2.14. The molecule has 146 valence electrons. The van der Waals surface area contributed by atoms with Gasteiger partial charge in [0, 0.05) is 6.42 Å². The lowest BCUT2D eigenvalue weighted by Crippen LogP contribution is -2.49. The van der Waals surface area contributed by atoms with Crippen molar-refractivity contribution in [1.82, 2.24) is 16.0 Å². The van der Waals surface area contributed by atoms with Crippen LogP contribution < -0.4 is 33.2 Å². The molecule has 2 unspecified atom stereocenters. The van der Waals surface area contributed by atoms with Gasteiger partial charge in [-0.3, -0.25) is 24.0 Å². The van der Waals surface area contributed by atoms with E-state index in [0.717, 1.165) is 0 Å². The minimum Gasteiger partial charge on any atom is -0.480 e. The molecule has 0 spiro atoms. The van der Waals surface area contributed by atoms with Crippen LogP contribution in [-0.2, 0) is 28.8 Å². The van der Waals surface area contributed by atoms with E-state index in [9.17, 15) is 28.8 Å². The van der Waals surface area contributed by atoms with E-state index in [1.807, 2.05) is 5.32 Å². The van der Waals surface area contributed by atoms with Crippen LogP contribution in [0, 0.1) is 0 Å². The van der Waals surface area contributed by atoms with Crippen LogP contribution in [0.1, 0.15) is 19.3 Å². The average Bonchev–Trinajstić information content (AvgIpc) is 2.54. The first-order valence-corrected chi connectivity index (χ1v) is 7.41. The molecule has 5 amide bonds. The smallest absolute Gasteiger partial charge is 0.326 e. The zero-order valence-electron chi connectivity index (χ0n) is 13.8. The quantitative estimate of drug-likeness (QED) is 0.174. The fourth-order valence-corrected chi connectivity index (χ4v) is 1.62. The highest BCUT2D eigenvalue weighted by Gasteiger charge is 2.22. The first-order chi connectivity index (χ1) is 12.0. The van der Waals surface area contributed by atoms with E-state index in [0.29, 0.717) is 0 Å². The Bertz CT molecular complexity index is 579. The van der Waals surface area contributed by atoms with Crippen molar-refractivity contribution in [2.75, 3.05) is 13.1 Å². The number of hydrogen-bond donors (Lipinski definition) is 7. The summed E-state index contributed by atoms with van der Waals surface area (Å²) in [5.74, 6) is -5.28. The van der Waals surface area contributed by atoms with Gasteiger partial charge in [-0.2, -0.15) is 0 Å². The minimum atomic E-state index is -1.51. The number of carboxylic acid groups (broad SMARTS) is 1. The van der Waals surface area contributed by atoms with Crippen molar-refractivity contribution >= 4 is 35.5 Å². The number of carbonyl (C=O) groups excluding carboxylic acids is 5. The maximum absolute atomic E-state index is 11.6. The molecule has 0 aliphatic rings. The molecule has 0 saturated carbocycles. The highest BCUT2D eigenvalue weighted by atomic mass is 16.4. The largest absolute Gasteiger partial charge is 0.480 e. The van der Waals surface area contributed by atoms with Crippen LogP contribution in [0.5, 0.6) is 0 Å². The molecule has 0 rings (SSSR count).